The highest BCUT2D eigenvalue weighted by atomic mass is 79.9. The van der Waals surface area contributed by atoms with Crippen molar-refractivity contribution in [2.24, 2.45) is 0 Å². The van der Waals surface area contributed by atoms with Crippen LogP contribution in [0.1, 0.15) is 20.8 Å². The molecule has 1 atom stereocenters. The van der Waals surface area contributed by atoms with Crippen molar-refractivity contribution in [1.29, 1.82) is 0 Å². The summed E-state index contributed by atoms with van der Waals surface area (Å²) in [6.07, 6.45) is 0. The van der Waals surface area contributed by atoms with Crippen molar-refractivity contribution >= 4 is 27.5 Å². The van der Waals surface area contributed by atoms with Gasteiger partial charge in [0.25, 0.3) is 0 Å². The van der Waals surface area contributed by atoms with Crippen molar-refractivity contribution in [3.63, 3.8) is 0 Å². The van der Waals surface area contributed by atoms with E-state index in [2.05, 4.69) is 35.1 Å². The first-order chi connectivity index (χ1) is 7.91. The fraction of sp³-hybridized carbons (Fsp3) is 0.462. The zero-order chi connectivity index (χ0) is 12.6. The van der Waals surface area contributed by atoms with Crippen molar-refractivity contribution in [3.05, 3.63) is 28.7 Å². The average molecular weight is 297 g/mol. The summed E-state index contributed by atoms with van der Waals surface area (Å²) in [6, 6.07) is 7.69. The molecule has 1 aliphatic heterocycles. The molecule has 4 heteroatoms. The minimum Gasteiger partial charge on any atom is -0.308 e. The summed E-state index contributed by atoms with van der Waals surface area (Å²) in [7, 11) is 0. The topological polar surface area (TPSA) is 32.3 Å². The van der Waals surface area contributed by atoms with E-state index in [0.29, 0.717) is 6.54 Å². The van der Waals surface area contributed by atoms with Crippen LogP contribution in [0.5, 0.6) is 0 Å². The van der Waals surface area contributed by atoms with E-state index < -0.39 is 0 Å². The number of benzene rings is 1. The molecule has 17 heavy (non-hydrogen) atoms. The Morgan fingerprint density at radius 3 is 2.71 bits per heavy atom. The van der Waals surface area contributed by atoms with Gasteiger partial charge in [-0.25, -0.2) is 0 Å². The molecule has 1 aliphatic rings. The number of piperazine rings is 1. The van der Waals surface area contributed by atoms with Gasteiger partial charge in [0.15, 0.2) is 0 Å². The second kappa shape index (κ2) is 4.42. The zero-order valence-corrected chi connectivity index (χ0v) is 11.9. The maximum Gasteiger partial charge on any atom is 0.243 e. The molecule has 0 spiro atoms. The Morgan fingerprint density at radius 1 is 1.41 bits per heavy atom. The van der Waals surface area contributed by atoms with Crippen molar-refractivity contribution in [2.75, 3.05) is 11.4 Å². The highest BCUT2D eigenvalue weighted by Gasteiger charge is 2.36. The number of hydrogen-bond acceptors (Lipinski definition) is 2. The second-order valence-electron chi connectivity index (χ2n) is 5.13. The van der Waals surface area contributed by atoms with Crippen LogP contribution in [0.15, 0.2) is 28.7 Å². The van der Waals surface area contributed by atoms with Crippen LogP contribution in [0.3, 0.4) is 0 Å². The molecule has 3 nitrogen and oxygen atoms in total. The van der Waals surface area contributed by atoms with Crippen LogP contribution in [0, 0.1) is 0 Å². The summed E-state index contributed by atoms with van der Waals surface area (Å²) in [4.78, 5) is 14.1. The molecule has 0 aliphatic carbocycles. The molecular weight excluding hydrogens is 280 g/mol. The first-order valence-corrected chi connectivity index (χ1v) is 6.54. The first-order valence-electron chi connectivity index (χ1n) is 5.74. The number of hydrogen-bond donors (Lipinski definition) is 1. The predicted octanol–water partition coefficient (Wildman–Crippen LogP) is 2.55. The molecule has 0 radical (unpaired) electrons. The van der Waals surface area contributed by atoms with Crippen LogP contribution in [-0.4, -0.2) is 24.0 Å². The van der Waals surface area contributed by atoms with Crippen LogP contribution in [0.4, 0.5) is 5.69 Å². The van der Waals surface area contributed by atoms with Crippen LogP contribution >= 0.6 is 15.9 Å². The van der Waals surface area contributed by atoms with Gasteiger partial charge < -0.3 is 4.90 Å². The minimum absolute atomic E-state index is 0.0669. The van der Waals surface area contributed by atoms with Gasteiger partial charge in [-0.15, -0.1) is 0 Å². The molecule has 1 unspecified atom stereocenters. The third-order valence-corrected chi connectivity index (χ3v) is 3.61. The number of carbonyl (C=O) groups excluding carboxylic acids is 1. The highest BCUT2D eigenvalue weighted by molar-refractivity contribution is 9.10. The number of nitrogens with zero attached hydrogens (tertiary/aromatic N) is 1. The van der Waals surface area contributed by atoms with Gasteiger partial charge in [0.2, 0.25) is 5.91 Å². The van der Waals surface area contributed by atoms with Gasteiger partial charge >= 0.3 is 0 Å². The Morgan fingerprint density at radius 2 is 2.06 bits per heavy atom. The largest absolute Gasteiger partial charge is 0.308 e. The van der Waals surface area contributed by atoms with Crippen molar-refractivity contribution < 1.29 is 4.79 Å². The summed E-state index contributed by atoms with van der Waals surface area (Å²) < 4.78 is 0.957. The SMILES string of the molecule is CC1NC(C)(C)CN(c2ccccc2Br)C1=O. The fourth-order valence-electron chi connectivity index (χ4n) is 2.27. The molecule has 1 heterocycles. The van der Waals surface area contributed by atoms with Gasteiger partial charge in [0.1, 0.15) is 0 Å². The Balaban J connectivity index is 2.37. The number of carbonyl (C=O) groups is 1. The second-order valence-corrected chi connectivity index (χ2v) is 5.98. The number of para-hydroxylation sites is 1. The van der Waals surface area contributed by atoms with Gasteiger partial charge in [0, 0.05) is 16.6 Å². The van der Waals surface area contributed by atoms with Crippen LogP contribution in [0.2, 0.25) is 0 Å². The molecule has 0 saturated carbocycles. The molecule has 1 fully saturated rings. The third-order valence-electron chi connectivity index (χ3n) is 2.94. The first kappa shape index (κ1) is 12.6. The Labute approximate surface area is 110 Å². The minimum atomic E-state index is -0.147. The van der Waals surface area contributed by atoms with Crippen molar-refractivity contribution in [2.45, 2.75) is 32.4 Å². The maximum atomic E-state index is 12.2. The molecule has 1 N–H and O–H groups in total. The quantitative estimate of drug-likeness (QED) is 0.864. The summed E-state index contributed by atoms with van der Waals surface area (Å²) in [5.41, 5.74) is 0.877. The van der Waals surface area contributed by atoms with E-state index in [9.17, 15) is 4.79 Å². The molecule has 0 aromatic heterocycles. The lowest BCUT2D eigenvalue weighted by Gasteiger charge is -2.42. The number of nitrogens with one attached hydrogen (secondary N) is 1. The summed E-state index contributed by atoms with van der Waals surface area (Å²) in [5.74, 6) is 0.122. The van der Waals surface area contributed by atoms with Crippen molar-refractivity contribution in [1.82, 2.24) is 5.32 Å². The number of rotatable bonds is 1. The number of anilines is 1. The predicted molar refractivity (Wildman–Crippen MR) is 73.2 cm³/mol. The van der Waals surface area contributed by atoms with Gasteiger partial charge in [-0.3, -0.25) is 10.1 Å². The number of amides is 1. The van der Waals surface area contributed by atoms with E-state index in [1.807, 2.05) is 36.1 Å². The smallest absolute Gasteiger partial charge is 0.243 e. The van der Waals surface area contributed by atoms with Gasteiger partial charge in [0.05, 0.1) is 11.7 Å². The summed E-state index contributed by atoms with van der Waals surface area (Å²) >= 11 is 3.50. The van der Waals surface area contributed by atoms with E-state index >= 15 is 0 Å². The molecular formula is C13H17BrN2O. The molecule has 1 aromatic carbocycles. The summed E-state index contributed by atoms with van der Waals surface area (Å²) in [5, 5.41) is 3.32. The van der Waals surface area contributed by atoms with Crippen molar-refractivity contribution in [3.8, 4) is 0 Å². The highest BCUT2D eigenvalue weighted by Crippen LogP contribution is 2.29. The Kier molecular flexibility index (Phi) is 3.27. The van der Waals surface area contributed by atoms with E-state index in [0.717, 1.165) is 10.2 Å². The Bertz CT molecular complexity index is 445. The average Bonchev–Trinajstić information content (AvgIpc) is 2.24. The van der Waals surface area contributed by atoms with E-state index in [-0.39, 0.29) is 17.5 Å². The lowest BCUT2D eigenvalue weighted by atomic mass is 9.98. The normalized spacial score (nSPS) is 23.9. The Hall–Kier alpha value is -0.870. The van der Waals surface area contributed by atoms with E-state index in [4.69, 9.17) is 0 Å². The lowest BCUT2D eigenvalue weighted by molar-refractivity contribution is -0.122. The molecule has 1 saturated heterocycles. The maximum absolute atomic E-state index is 12.2. The monoisotopic (exact) mass is 296 g/mol. The summed E-state index contributed by atoms with van der Waals surface area (Å²) in [6.45, 7) is 6.81. The van der Waals surface area contributed by atoms with E-state index in [1.165, 1.54) is 0 Å². The van der Waals surface area contributed by atoms with Gasteiger partial charge in [-0.05, 0) is 48.8 Å². The molecule has 0 bridgehead atoms. The van der Waals surface area contributed by atoms with E-state index in [1.54, 1.807) is 0 Å². The molecule has 1 amide bonds. The standard InChI is InChI=1S/C13H17BrN2O/c1-9-12(17)16(8-13(2,3)15-9)11-7-5-4-6-10(11)14/h4-7,9,15H,8H2,1-3H3. The number of halogens is 1. The zero-order valence-electron chi connectivity index (χ0n) is 10.3. The van der Waals surface area contributed by atoms with Gasteiger partial charge in [-0.1, -0.05) is 12.1 Å². The third kappa shape index (κ3) is 2.53. The van der Waals surface area contributed by atoms with Crippen LogP contribution in [-0.2, 0) is 4.79 Å². The molecule has 2 rings (SSSR count). The molecule has 92 valence electrons. The van der Waals surface area contributed by atoms with Gasteiger partial charge in [-0.2, -0.15) is 0 Å². The fourth-order valence-corrected chi connectivity index (χ4v) is 2.77. The molecule has 1 aromatic rings. The lowest BCUT2D eigenvalue weighted by Crippen LogP contribution is -2.64. The van der Waals surface area contributed by atoms with Crippen LogP contribution < -0.4 is 10.2 Å². The van der Waals surface area contributed by atoms with Crippen LogP contribution in [0.25, 0.3) is 0 Å².